The molecule has 2 aliphatic rings. The second kappa shape index (κ2) is 1.82. The van der Waals surface area contributed by atoms with Crippen molar-refractivity contribution in [1.29, 1.82) is 0 Å². The van der Waals surface area contributed by atoms with Crippen LogP contribution in [0.4, 0.5) is 0 Å². The Labute approximate surface area is 68.8 Å². The summed E-state index contributed by atoms with van der Waals surface area (Å²) in [6.07, 6.45) is 3.55. The van der Waals surface area contributed by atoms with Gasteiger partial charge in [0.2, 0.25) is 0 Å². The molecule has 2 fully saturated rings. The van der Waals surface area contributed by atoms with E-state index in [1.54, 1.807) is 0 Å². The molecule has 0 aromatic rings. The maximum absolute atomic E-state index is 9.92. The molecule has 11 heavy (non-hydrogen) atoms. The molecule has 2 aliphatic carbocycles. The quantitative estimate of drug-likeness (QED) is 0.614. The molecule has 0 aromatic heterocycles. The molecular weight excluding hydrogens is 136 g/mol. The first kappa shape index (κ1) is 7.60. The third-order valence-corrected chi connectivity index (χ3v) is 4.12. The van der Waals surface area contributed by atoms with Crippen LogP contribution >= 0.6 is 0 Å². The molecule has 0 unspecified atom stereocenters. The Balaban J connectivity index is 2.17. The molecule has 0 aliphatic heterocycles. The standard InChI is InChI=1S/C10H18O/c1-7(2)10-5-4-9(3,11)8(10)6-10/h7-8,11H,4-6H2,1-3H3/t8-,9-,10-/m0/s1. The van der Waals surface area contributed by atoms with Crippen molar-refractivity contribution >= 4 is 0 Å². The number of hydrogen-bond acceptors (Lipinski definition) is 1. The number of fused-ring (bicyclic) bond motifs is 1. The highest BCUT2D eigenvalue weighted by molar-refractivity contribution is 5.16. The van der Waals surface area contributed by atoms with Gasteiger partial charge in [0.05, 0.1) is 5.60 Å². The highest BCUT2D eigenvalue weighted by atomic mass is 16.3. The second-order valence-electron chi connectivity index (χ2n) is 5.00. The summed E-state index contributed by atoms with van der Waals surface area (Å²) in [5.41, 5.74) is 0.216. The lowest BCUT2D eigenvalue weighted by molar-refractivity contribution is 0.0426. The fourth-order valence-electron chi connectivity index (χ4n) is 3.02. The lowest BCUT2D eigenvalue weighted by Gasteiger charge is -2.17. The Morgan fingerprint density at radius 2 is 2.00 bits per heavy atom. The summed E-state index contributed by atoms with van der Waals surface area (Å²) in [4.78, 5) is 0. The SMILES string of the molecule is CC(C)[C@@]12CC[C@](C)(O)[C@@H]1C2. The molecule has 3 atom stereocenters. The van der Waals surface area contributed by atoms with Crippen LogP contribution in [0.2, 0.25) is 0 Å². The Hall–Kier alpha value is -0.0400. The smallest absolute Gasteiger partial charge is 0.0653 e. The van der Waals surface area contributed by atoms with Crippen molar-refractivity contribution < 1.29 is 5.11 Å². The van der Waals surface area contributed by atoms with Crippen LogP contribution in [0.3, 0.4) is 0 Å². The highest BCUT2D eigenvalue weighted by Crippen LogP contribution is 2.70. The van der Waals surface area contributed by atoms with Gasteiger partial charge in [-0.2, -0.15) is 0 Å². The van der Waals surface area contributed by atoms with Crippen LogP contribution in [0.1, 0.15) is 40.0 Å². The Morgan fingerprint density at radius 1 is 1.36 bits per heavy atom. The van der Waals surface area contributed by atoms with Crippen LogP contribution < -0.4 is 0 Å². The van der Waals surface area contributed by atoms with E-state index in [1.807, 2.05) is 6.92 Å². The van der Waals surface area contributed by atoms with E-state index in [9.17, 15) is 5.11 Å². The Morgan fingerprint density at radius 3 is 2.18 bits per heavy atom. The predicted octanol–water partition coefficient (Wildman–Crippen LogP) is 2.19. The van der Waals surface area contributed by atoms with Crippen LogP contribution in [0.25, 0.3) is 0 Å². The average molecular weight is 154 g/mol. The summed E-state index contributed by atoms with van der Waals surface area (Å²) < 4.78 is 0. The van der Waals surface area contributed by atoms with Gasteiger partial charge >= 0.3 is 0 Å². The van der Waals surface area contributed by atoms with E-state index >= 15 is 0 Å². The molecule has 1 nitrogen and oxygen atoms in total. The van der Waals surface area contributed by atoms with Crippen LogP contribution in [-0.2, 0) is 0 Å². The molecule has 0 heterocycles. The molecule has 0 spiro atoms. The lowest BCUT2D eigenvalue weighted by Crippen LogP contribution is -2.23. The zero-order chi connectivity index (χ0) is 8.28. The molecule has 0 saturated heterocycles. The molecule has 0 radical (unpaired) electrons. The number of hydrogen-bond donors (Lipinski definition) is 1. The molecule has 0 amide bonds. The van der Waals surface area contributed by atoms with Gasteiger partial charge in [0.1, 0.15) is 0 Å². The number of aliphatic hydroxyl groups is 1. The highest BCUT2D eigenvalue weighted by Gasteiger charge is 2.67. The van der Waals surface area contributed by atoms with Crippen molar-refractivity contribution in [2.24, 2.45) is 17.3 Å². The maximum atomic E-state index is 9.92. The number of rotatable bonds is 1. The monoisotopic (exact) mass is 154 g/mol. The molecule has 0 aromatic carbocycles. The van der Waals surface area contributed by atoms with E-state index in [0.29, 0.717) is 11.3 Å². The first-order valence-corrected chi connectivity index (χ1v) is 4.71. The first-order chi connectivity index (χ1) is 4.99. The van der Waals surface area contributed by atoms with E-state index in [-0.39, 0.29) is 5.60 Å². The van der Waals surface area contributed by atoms with Crippen LogP contribution in [-0.4, -0.2) is 10.7 Å². The summed E-state index contributed by atoms with van der Waals surface area (Å²) in [7, 11) is 0. The minimum Gasteiger partial charge on any atom is -0.390 e. The summed E-state index contributed by atoms with van der Waals surface area (Å²) in [5.74, 6) is 1.39. The lowest BCUT2D eigenvalue weighted by atomic mass is 9.90. The fraction of sp³-hybridized carbons (Fsp3) is 1.00. The maximum Gasteiger partial charge on any atom is 0.0653 e. The van der Waals surface area contributed by atoms with Crippen molar-refractivity contribution in [2.75, 3.05) is 0 Å². The zero-order valence-electron chi connectivity index (χ0n) is 7.72. The van der Waals surface area contributed by atoms with Gasteiger partial charge in [0, 0.05) is 0 Å². The van der Waals surface area contributed by atoms with Crippen LogP contribution in [0, 0.1) is 17.3 Å². The van der Waals surface area contributed by atoms with Crippen LogP contribution in [0.5, 0.6) is 0 Å². The first-order valence-electron chi connectivity index (χ1n) is 4.71. The predicted molar refractivity (Wildman–Crippen MR) is 45.2 cm³/mol. The van der Waals surface area contributed by atoms with Gasteiger partial charge in [0.15, 0.2) is 0 Å². The van der Waals surface area contributed by atoms with Crippen molar-refractivity contribution in [3.8, 4) is 0 Å². The van der Waals surface area contributed by atoms with Gasteiger partial charge in [-0.05, 0) is 43.4 Å². The van der Waals surface area contributed by atoms with Gasteiger partial charge < -0.3 is 5.11 Å². The third kappa shape index (κ3) is 0.807. The molecule has 0 bridgehead atoms. The molecule has 1 heteroatoms. The van der Waals surface area contributed by atoms with E-state index in [4.69, 9.17) is 0 Å². The van der Waals surface area contributed by atoms with Crippen molar-refractivity contribution in [1.82, 2.24) is 0 Å². The molecular formula is C10H18O. The fourth-order valence-corrected chi connectivity index (χ4v) is 3.02. The summed E-state index contributed by atoms with van der Waals surface area (Å²) in [5, 5.41) is 9.92. The zero-order valence-corrected chi connectivity index (χ0v) is 7.72. The Bertz CT molecular complexity index is 183. The minimum absolute atomic E-state index is 0.329. The van der Waals surface area contributed by atoms with Gasteiger partial charge in [-0.1, -0.05) is 13.8 Å². The topological polar surface area (TPSA) is 20.2 Å². The summed E-state index contributed by atoms with van der Waals surface area (Å²) in [6.45, 7) is 6.59. The molecule has 1 N–H and O–H groups in total. The molecule has 2 rings (SSSR count). The van der Waals surface area contributed by atoms with Crippen molar-refractivity contribution in [3.05, 3.63) is 0 Å². The van der Waals surface area contributed by atoms with Crippen molar-refractivity contribution in [2.45, 2.75) is 45.6 Å². The van der Waals surface area contributed by atoms with E-state index in [0.717, 1.165) is 12.3 Å². The normalized spacial score (nSPS) is 54.8. The molecule has 2 saturated carbocycles. The third-order valence-electron chi connectivity index (χ3n) is 4.12. The largest absolute Gasteiger partial charge is 0.390 e. The summed E-state index contributed by atoms with van der Waals surface area (Å²) in [6, 6.07) is 0. The van der Waals surface area contributed by atoms with Crippen molar-refractivity contribution in [3.63, 3.8) is 0 Å². The van der Waals surface area contributed by atoms with Gasteiger partial charge in [-0.3, -0.25) is 0 Å². The van der Waals surface area contributed by atoms with E-state index < -0.39 is 0 Å². The second-order valence-corrected chi connectivity index (χ2v) is 5.00. The average Bonchev–Trinajstić information content (AvgIpc) is 2.54. The van der Waals surface area contributed by atoms with Gasteiger partial charge in [-0.25, -0.2) is 0 Å². The van der Waals surface area contributed by atoms with Gasteiger partial charge in [-0.15, -0.1) is 0 Å². The van der Waals surface area contributed by atoms with E-state index in [1.165, 1.54) is 12.8 Å². The minimum atomic E-state index is -0.329. The van der Waals surface area contributed by atoms with Crippen LogP contribution in [0.15, 0.2) is 0 Å². The summed E-state index contributed by atoms with van der Waals surface area (Å²) >= 11 is 0. The van der Waals surface area contributed by atoms with Gasteiger partial charge in [0.25, 0.3) is 0 Å². The Kier molecular flexibility index (Phi) is 1.26. The molecule has 64 valence electrons. The van der Waals surface area contributed by atoms with E-state index in [2.05, 4.69) is 13.8 Å².